The highest BCUT2D eigenvalue weighted by atomic mass is 35.5. The lowest BCUT2D eigenvalue weighted by Gasteiger charge is -2.21. The molecule has 0 aliphatic heterocycles. The van der Waals surface area contributed by atoms with E-state index in [0.29, 0.717) is 0 Å². The van der Waals surface area contributed by atoms with E-state index in [0.717, 1.165) is 64.3 Å². The lowest BCUT2D eigenvalue weighted by molar-refractivity contribution is 0.202. The Labute approximate surface area is 202 Å². The van der Waals surface area contributed by atoms with Gasteiger partial charge in [0.2, 0.25) is 0 Å². The van der Waals surface area contributed by atoms with Crippen molar-refractivity contribution in [1.82, 2.24) is 9.88 Å². The minimum atomic E-state index is 0.725. The topological polar surface area (TPSA) is 25.4 Å². The molecule has 4 heteroatoms. The molecule has 1 fully saturated rings. The number of benzene rings is 2. The van der Waals surface area contributed by atoms with Crippen LogP contribution in [-0.4, -0.2) is 36.1 Å². The lowest BCUT2D eigenvalue weighted by atomic mass is 10.1. The number of nitrogens with zero attached hydrogens (tertiary/aromatic N) is 2. The SMILES string of the molecule is CCCN(CCOc1ccc(C#Cc2ccc(-c3ccc(Cl)cc3)cn2)cc1C)CC1CC1. The first-order valence-electron chi connectivity index (χ1n) is 11.8. The van der Waals surface area contributed by atoms with Crippen LogP contribution in [-0.2, 0) is 0 Å². The van der Waals surface area contributed by atoms with Crippen molar-refractivity contribution in [1.29, 1.82) is 0 Å². The van der Waals surface area contributed by atoms with E-state index in [1.165, 1.54) is 25.8 Å². The fourth-order valence-electron chi connectivity index (χ4n) is 3.87. The summed E-state index contributed by atoms with van der Waals surface area (Å²) in [4.78, 5) is 7.03. The summed E-state index contributed by atoms with van der Waals surface area (Å²) in [7, 11) is 0. The third-order valence-electron chi connectivity index (χ3n) is 5.87. The van der Waals surface area contributed by atoms with Crippen molar-refractivity contribution in [3.63, 3.8) is 0 Å². The molecule has 0 spiro atoms. The van der Waals surface area contributed by atoms with Crippen molar-refractivity contribution < 1.29 is 4.74 Å². The quantitative estimate of drug-likeness (QED) is 0.337. The Morgan fingerprint density at radius 3 is 2.45 bits per heavy atom. The van der Waals surface area contributed by atoms with E-state index in [-0.39, 0.29) is 0 Å². The van der Waals surface area contributed by atoms with Crippen LogP contribution in [0.5, 0.6) is 5.75 Å². The van der Waals surface area contributed by atoms with Crippen LogP contribution in [0.3, 0.4) is 0 Å². The molecule has 0 saturated heterocycles. The number of hydrogen-bond donors (Lipinski definition) is 0. The van der Waals surface area contributed by atoms with Crippen molar-refractivity contribution in [3.05, 3.63) is 82.6 Å². The summed E-state index contributed by atoms with van der Waals surface area (Å²) in [6, 6.07) is 17.9. The van der Waals surface area contributed by atoms with Crippen LogP contribution in [0.1, 0.15) is 43.0 Å². The van der Waals surface area contributed by atoms with E-state index in [2.05, 4.69) is 41.6 Å². The summed E-state index contributed by atoms with van der Waals surface area (Å²) >= 11 is 5.97. The molecule has 0 atom stereocenters. The van der Waals surface area contributed by atoms with Crippen LogP contribution >= 0.6 is 11.6 Å². The Hall–Kier alpha value is -2.80. The van der Waals surface area contributed by atoms with Gasteiger partial charge in [0.05, 0.1) is 0 Å². The molecule has 0 unspecified atom stereocenters. The van der Waals surface area contributed by atoms with E-state index >= 15 is 0 Å². The molecule has 2 aromatic carbocycles. The maximum atomic E-state index is 6.09. The van der Waals surface area contributed by atoms with Crippen molar-refractivity contribution in [2.24, 2.45) is 5.92 Å². The van der Waals surface area contributed by atoms with Crippen LogP contribution in [0.2, 0.25) is 5.02 Å². The predicted octanol–water partition coefficient (Wildman–Crippen LogP) is 6.61. The fourth-order valence-corrected chi connectivity index (χ4v) is 3.99. The first-order valence-corrected chi connectivity index (χ1v) is 12.2. The Morgan fingerprint density at radius 2 is 1.79 bits per heavy atom. The van der Waals surface area contributed by atoms with Gasteiger partial charge in [-0.25, -0.2) is 4.98 Å². The molecular formula is C29H31ClN2O. The third kappa shape index (κ3) is 7.09. The summed E-state index contributed by atoms with van der Waals surface area (Å²) in [5, 5.41) is 0.730. The predicted molar refractivity (Wildman–Crippen MR) is 137 cm³/mol. The van der Waals surface area contributed by atoms with E-state index in [1.807, 2.05) is 54.7 Å². The van der Waals surface area contributed by atoms with E-state index in [1.54, 1.807) is 0 Å². The fraction of sp³-hybridized carbons (Fsp3) is 0.345. The van der Waals surface area contributed by atoms with Gasteiger partial charge >= 0.3 is 0 Å². The zero-order chi connectivity index (χ0) is 23.0. The zero-order valence-corrected chi connectivity index (χ0v) is 20.2. The molecule has 170 valence electrons. The highest BCUT2D eigenvalue weighted by Crippen LogP contribution is 2.29. The van der Waals surface area contributed by atoms with E-state index in [9.17, 15) is 0 Å². The van der Waals surface area contributed by atoms with Gasteiger partial charge in [-0.2, -0.15) is 0 Å². The lowest BCUT2D eigenvalue weighted by Crippen LogP contribution is -2.31. The second-order valence-corrected chi connectivity index (χ2v) is 9.20. The first-order chi connectivity index (χ1) is 16.1. The molecule has 1 saturated carbocycles. The van der Waals surface area contributed by atoms with Gasteiger partial charge in [0, 0.05) is 35.4 Å². The second kappa shape index (κ2) is 11.4. The number of halogens is 1. The molecule has 4 rings (SSSR count). The largest absolute Gasteiger partial charge is 0.492 e. The highest BCUT2D eigenvalue weighted by Gasteiger charge is 2.23. The molecule has 33 heavy (non-hydrogen) atoms. The molecule has 1 aliphatic rings. The number of hydrogen-bond acceptors (Lipinski definition) is 3. The Kier molecular flexibility index (Phi) is 8.05. The Balaban J connectivity index is 1.33. The number of pyridine rings is 1. The summed E-state index contributed by atoms with van der Waals surface area (Å²) < 4.78 is 6.09. The molecule has 1 aromatic heterocycles. The molecule has 3 aromatic rings. The normalized spacial score (nSPS) is 13.0. The van der Waals surface area contributed by atoms with Gasteiger partial charge in [0.25, 0.3) is 0 Å². The van der Waals surface area contributed by atoms with Gasteiger partial charge in [-0.15, -0.1) is 0 Å². The minimum Gasteiger partial charge on any atom is -0.492 e. The van der Waals surface area contributed by atoms with E-state index < -0.39 is 0 Å². The average molecular weight is 459 g/mol. The molecule has 0 N–H and O–H groups in total. The Bertz CT molecular complexity index is 1110. The number of ether oxygens (including phenoxy) is 1. The standard InChI is InChI=1S/C29H31ClN2O/c1-3-16-32(21-24-4-5-24)17-18-33-29-15-7-23(19-22(29)2)6-13-28-14-10-26(20-31-28)25-8-11-27(30)12-9-25/h7-12,14-15,19-20,24H,3-5,16-18,21H2,1-2H3. The van der Waals surface area contributed by atoms with Gasteiger partial charge in [0.1, 0.15) is 18.1 Å². The van der Waals surface area contributed by atoms with Gasteiger partial charge in [-0.3, -0.25) is 4.90 Å². The zero-order valence-electron chi connectivity index (χ0n) is 19.5. The summed E-state index contributed by atoms with van der Waals surface area (Å²) in [6.45, 7) is 8.41. The number of aryl methyl sites for hydroxylation is 1. The minimum absolute atomic E-state index is 0.725. The molecule has 0 radical (unpaired) electrons. The summed E-state index contributed by atoms with van der Waals surface area (Å²) in [5.41, 5.74) is 4.95. The smallest absolute Gasteiger partial charge is 0.122 e. The van der Waals surface area contributed by atoms with Crippen molar-refractivity contribution >= 4 is 11.6 Å². The van der Waals surface area contributed by atoms with Crippen LogP contribution in [0.4, 0.5) is 0 Å². The van der Waals surface area contributed by atoms with Crippen LogP contribution < -0.4 is 4.74 Å². The second-order valence-electron chi connectivity index (χ2n) is 8.76. The molecule has 1 heterocycles. The van der Waals surface area contributed by atoms with Crippen LogP contribution in [0.25, 0.3) is 11.1 Å². The van der Waals surface area contributed by atoms with Gasteiger partial charge in [0.15, 0.2) is 0 Å². The van der Waals surface area contributed by atoms with Gasteiger partial charge in [-0.1, -0.05) is 42.6 Å². The third-order valence-corrected chi connectivity index (χ3v) is 6.12. The van der Waals surface area contributed by atoms with Gasteiger partial charge < -0.3 is 4.74 Å². The average Bonchev–Trinajstić information content (AvgIpc) is 3.64. The molecule has 0 amide bonds. The van der Waals surface area contributed by atoms with Crippen molar-refractivity contribution in [3.8, 4) is 28.7 Å². The number of aromatic nitrogens is 1. The molecule has 3 nitrogen and oxygen atoms in total. The van der Waals surface area contributed by atoms with Gasteiger partial charge in [-0.05, 0) is 92.1 Å². The first kappa shape index (κ1) is 23.4. The summed E-state index contributed by atoms with van der Waals surface area (Å²) in [6.07, 6.45) is 5.83. The van der Waals surface area contributed by atoms with Crippen LogP contribution in [0, 0.1) is 24.7 Å². The molecule has 0 bridgehead atoms. The van der Waals surface area contributed by atoms with Crippen molar-refractivity contribution in [2.45, 2.75) is 33.1 Å². The Morgan fingerprint density at radius 1 is 1.00 bits per heavy atom. The maximum absolute atomic E-state index is 6.09. The molecular weight excluding hydrogens is 428 g/mol. The highest BCUT2D eigenvalue weighted by molar-refractivity contribution is 6.30. The maximum Gasteiger partial charge on any atom is 0.122 e. The number of rotatable bonds is 9. The van der Waals surface area contributed by atoms with E-state index in [4.69, 9.17) is 16.3 Å². The van der Waals surface area contributed by atoms with Crippen molar-refractivity contribution in [2.75, 3.05) is 26.2 Å². The monoisotopic (exact) mass is 458 g/mol. The van der Waals surface area contributed by atoms with Crippen LogP contribution in [0.15, 0.2) is 60.8 Å². The summed E-state index contributed by atoms with van der Waals surface area (Å²) in [5.74, 6) is 8.24. The molecule has 1 aliphatic carbocycles.